The number of nitrogens with zero attached hydrogens (tertiary/aromatic N) is 2. The number of carbonyl (C=O) groups is 2. The molecule has 0 unspecified atom stereocenters. The van der Waals surface area contributed by atoms with E-state index in [0.717, 1.165) is 5.56 Å². The lowest BCUT2D eigenvalue weighted by Gasteiger charge is -2.10. The third-order valence-corrected chi connectivity index (χ3v) is 4.56. The summed E-state index contributed by atoms with van der Waals surface area (Å²) in [5, 5.41) is 7.14. The number of hydrogen-bond donors (Lipinski definition) is 1. The standard InChI is InChI=1S/C20H17ClFN3O3/c1-11-4-5-13(20(27)28-3)10-16(11)23-19(26)17-12(2)24-25(18(17)21)15-8-6-14(22)7-9-15/h4-10H,1-3H3,(H,23,26). The van der Waals surface area contributed by atoms with Crippen LogP contribution in [0.3, 0.4) is 0 Å². The Morgan fingerprint density at radius 2 is 1.82 bits per heavy atom. The van der Waals surface area contributed by atoms with E-state index in [0.29, 0.717) is 22.6 Å². The van der Waals surface area contributed by atoms with E-state index in [4.69, 9.17) is 16.3 Å². The maximum absolute atomic E-state index is 13.2. The lowest BCUT2D eigenvalue weighted by atomic mass is 10.1. The Balaban J connectivity index is 1.94. The lowest BCUT2D eigenvalue weighted by Crippen LogP contribution is -2.15. The van der Waals surface area contributed by atoms with Crippen molar-refractivity contribution in [2.45, 2.75) is 13.8 Å². The molecule has 6 nitrogen and oxygen atoms in total. The highest BCUT2D eigenvalue weighted by atomic mass is 35.5. The number of halogens is 2. The molecule has 1 heterocycles. The van der Waals surface area contributed by atoms with E-state index < -0.39 is 11.9 Å². The maximum Gasteiger partial charge on any atom is 0.337 e. The van der Waals surface area contributed by atoms with Gasteiger partial charge in [0.2, 0.25) is 0 Å². The summed E-state index contributed by atoms with van der Waals surface area (Å²) in [6.45, 7) is 3.45. The summed E-state index contributed by atoms with van der Waals surface area (Å²) in [7, 11) is 1.29. The van der Waals surface area contributed by atoms with Crippen molar-refractivity contribution in [3.63, 3.8) is 0 Å². The fourth-order valence-electron chi connectivity index (χ4n) is 2.70. The predicted molar refractivity (Wildman–Crippen MR) is 104 cm³/mol. The minimum Gasteiger partial charge on any atom is -0.465 e. The van der Waals surface area contributed by atoms with Crippen molar-refractivity contribution in [2.24, 2.45) is 0 Å². The van der Waals surface area contributed by atoms with E-state index in [1.165, 1.54) is 42.1 Å². The number of methoxy groups -OCH3 is 1. The third-order valence-electron chi connectivity index (χ3n) is 4.21. The number of benzene rings is 2. The first-order valence-corrected chi connectivity index (χ1v) is 8.71. The van der Waals surface area contributed by atoms with E-state index >= 15 is 0 Å². The Bertz CT molecular complexity index is 1060. The number of aromatic nitrogens is 2. The first-order chi connectivity index (χ1) is 13.3. The van der Waals surface area contributed by atoms with Crippen LogP contribution >= 0.6 is 11.6 Å². The number of anilines is 1. The van der Waals surface area contributed by atoms with Crippen LogP contribution in [-0.2, 0) is 4.74 Å². The zero-order chi connectivity index (χ0) is 20.4. The van der Waals surface area contributed by atoms with Crippen LogP contribution in [0.25, 0.3) is 5.69 Å². The molecule has 0 saturated heterocycles. The minimum absolute atomic E-state index is 0.100. The molecule has 1 aromatic heterocycles. The van der Waals surface area contributed by atoms with Crippen LogP contribution in [0, 0.1) is 19.7 Å². The highest BCUT2D eigenvalue weighted by molar-refractivity contribution is 6.34. The zero-order valence-corrected chi connectivity index (χ0v) is 16.2. The highest BCUT2D eigenvalue weighted by Crippen LogP contribution is 2.26. The van der Waals surface area contributed by atoms with E-state index in [1.807, 2.05) is 0 Å². The molecule has 0 aliphatic heterocycles. The Hall–Kier alpha value is -3.19. The van der Waals surface area contributed by atoms with E-state index in [9.17, 15) is 14.0 Å². The molecule has 28 heavy (non-hydrogen) atoms. The number of rotatable bonds is 4. The second kappa shape index (κ2) is 7.82. The van der Waals surface area contributed by atoms with Gasteiger partial charge in [-0.05, 0) is 55.8 Å². The van der Waals surface area contributed by atoms with Crippen molar-refractivity contribution < 1.29 is 18.7 Å². The molecule has 3 aromatic rings. The van der Waals surface area contributed by atoms with Crippen molar-refractivity contribution in [1.82, 2.24) is 9.78 Å². The second-order valence-electron chi connectivity index (χ2n) is 6.11. The van der Waals surface area contributed by atoms with Gasteiger partial charge in [-0.3, -0.25) is 4.79 Å². The van der Waals surface area contributed by atoms with E-state index in [-0.39, 0.29) is 16.5 Å². The minimum atomic E-state index is -0.506. The van der Waals surface area contributed by atoms with Crippen LogP contribution in [0.15, 0.2) is 42.5 Å². The normalized spacial score (nSPS) is 10.6. The Morgan fingerprint density at radius 3 is 2.46 bits per heavy atom. The van der Waals surface area contributed by atoms with Crippen molar-refractivity contribution in [1.29, 1.82) is 0 Å². The molecule has 1 amide bonds. The first-order valence-electron chi connectivity index (χ1n) is 8.33. The molecule has 0 atom stereocenters. The molecule has 2 aromatic carbocycles. The van der Waals surface area contributed by atoms with Crippen LogP contribution < -0.4 is 5.32 Å². The number of amides is 1. The summed E-state index contributed by atoms with van der Waals surface area (Å²) >= 11 is 6.38. The Labute approximate surface area is 165 Å². The second-order valence-corrected chi connectivity index (χ2v) is 6.47. The predicted octanol–water partition coefficient (Wildman–Crippen LogP) is 4.32. The average Bonchev–Trinajstić information content (AvgIpc) is 2.97. The summed E-state index contributed by atoms with van der Waals surface area (Å²) in [5.41, 5.74) is 2.66. The third kappa shape index (κ3) is 3.75. The van der Waals surface area contributed by atoms with Gasteiger partial charge < -0.3 is 10.1 Å². The quantitative estimate of drug-likeness (QED) is 0.661. The summed E-state index contributed by atoms with van der Waals surface area (Å²) in [6, 6.07) is 10.4. The molecule has 0 fully saturated rings. The van der Waals surface area contributed by atoms with Gasteiger partial charge >= 0.3 is 5.97 Å². The topological polar surface area (TPSA) is 73.2 Å². The zero-order valence-electron chi connectivity index (χ0n) is 15.4. The molecule has 8 heteroatoms. The first kappa shape index (κ1) is 19.6. The molecule has 1 N–H and O–H groups in total. The molecule has 0 radical (unpaired) electrons. The van der Waals surface area contributed by atoms with E-state index in [2.05, 4.69) is 10.4 Å². The van der Waals surface area contributed by atoms with E-state index in [1.54, 1.807) is 26.0 Å². The smallest absolute Gasteiger partial charge is 0.337 e. The summed E-state index contributed by atoms with van der Waals surface area (Å²) in [4.78, 5) is 24.6. The number of nitrogens with one attached hydrogen (secondary N) is 1. The van der Waals surface area contributed by atoms with Gasteiger partial charge in [-0.1, -0.05) is 17.7 Å². The van der Waals surface area contributed by atoms with Gasteiger partial charge in [0, 0.05) is 5.69 Å². The molecule has 0 bridgehead atoms. The molecule has 0 spiro atoms. The maximum atomic E-state index is 13.2. The van der Waals surface area contributed by atoms with Gasteiger partial charge in [-0.25, -0.2) is 13.9 Å². The summed E-state index contributed by atoms with van der Waals surface area (Å²) < 4.78 is 19.2. The molecule has 0 saturated carbocycles. The van der Waals surface area contributed by atoms with Gasteiger partial charge in [-0.2, -0.15) is 5.10 Å². The molecule has 0 aliphatic carbocycles. The number of carbonyl (C=O) groups excluding carboxylic acids is 2. The number of aryl methyl sites for hydroxylation is 2. The van der Waals surface area contributed by atoms with Gasteiger partial charge in [0.1, 0.15) is 16.5 Å². The molecule has 144 valence electrons. The number of ether oxygens (including phenoxy) is 1. The van der Waals surface area contributed by atoms with Crippen LogP contribution in [0.4, 0.5) is 10.1 Å². The van der Waals surface area contributed by atoms with Crippen molar-refractivity contribution in [3.05, 3.63) is 75.8 Å². The summed E-state index contributed by atoms with van der Waals surface area (Å²) in [6.07, 6.45) is 0. The van der Waals surface area contributed by atoms with Crippen LogP contribution in [-0.4, -0.2) is 28.8 Å². The van der Waals surface area contributed by atoms with Crippen molar-refractivity contribution >= 4 is 29.2 Å². The average molecular weight is 402 g/mol. The molecule has 0 aliphatic rings. The fraction of sp³-hybridized carbons (Fsp3) is 0.150. The van der Waals surface area contributed by atoms with Crippen molar-refractivity contribution in [2.75, 3.05) is 12.4 Å². The van der Waals surface area contributed by atoms with Gasteiger partial charge in [0.05, 0.1) is 24.1 Å². The van der Waals surface area contributed by atoms with Crippen LogP contribution in [0.1, 0.15) is 32.0 Å². The molecule has 3 rings (SSSR count). The van der Waals surface area contributed by atoms with Gasteiger partial charge in [0.15, 0.2) is 0 Å². The van der Waals surface area contributed by atoms with Crippen molar-refractivity contribution in [3.8, 4) is 5.69 Å². The highest BCUT2D eigenvalue weighted by Gasteiger charge is 2.22. The largest absolute Gasteiger partial charge is 0.465 e. The summed E-state index contributed by atoms with van der Waals surface area (Å²) in [5.74, 6) is -1.36. The van der Waals surface area contributed by atoms with Crippen LogP contribution in [0.2, 0.25) is 5.15 Å². The van der Waals surface area contributed by atoms with Gasteiger partial charge in [-0.15, -0.1) is 0 Å². The van der Waals surface area contributed by atoms with Gasteiger partial charge in [0.25, 0.3) is 5.91 Å². The molecular weight excluding hydrogens is 385 g/mol. The fourth-order valence-corrected chi connectivity index (χ4v) is 3.05. The van der Waals surface area contributed by atoms with Crippen LogP contribution in [0.5, 0.6) is 0 Å². The Kier molecular flexibility index (Phi) is 5.46. The Morgan fingerprint density at radius 1 is 1.14 bits per heavy atom. The number of esters is 1. The lowest BCUT2D eigenvalue weighted by molar-refractivity contribution is 0.0600. The monoisotopic (exact) mass is 401 g/mol. The molecular formula is C20H17ClFN3O3. The SMILES string of the molecule is COC(=O)c1ccc(C)c(NC(=O)c2c(C)nn(-c3ccc(F)cc3)c2Cl)c1. The number of hydrogen-bond acceptors (Lipinski definition) is 4.